The summed E-state index contributed by atoms with van der Waals surface area (Å²) < 4.78 is 5.75. The van der Waals surface area contributed by atoms with Gasteiger partial charge < -0.3 is 4.74 Å². The average molecular weight is 316 g/mol. The van der Waals surface area contributed by atoms with Crippen LogP contribution in [0.2, 0.25) is 0 Å². The lowest BCUT2D eigenvalue weighted by Gasteiger charge is -2.49. The molecule has 23 heavy (non-hydrogen) atoms. The van der Waals surface area contributed by atoms with Crippen LogP contribution in [0.5, 0.6) is 0 Å². The lowest BCUT2D eigenvalue weighted by Crippen LogP contribution is -2.46. The molecular weight excluding hydrogens is 288 g/mol. The van der Waals surface area contributed by atoms with Crippen molar-refractivity contribution < 1.29 is 14.3 Å². The number of hydrogen-bond acceptors (Lipinski definition) is 3. The smallest absolute Gasteiger partial charge is 0.333 e. The number of rotatable bonds is 3. The van der Waals surface area contributed by atoms with Crippen molar-refractivity contribution in [3.8, 4) is 0 Å². The van der Waals surface area contributed by atoms with Crippen molar-refractivity contribution in [3.05, 3.63) is 35.5 Å². The summed E-state index contributed by atoms with van der Waals surface area (Å²) in [5.74, 6) is 0.0186. The molecule has 0 amide bonds. The standard InChI is InChI=1S/C20H28O3/c1-7-13(4)19(22)23-18-9-8-15-10-17(21)16(12(2)3)11-20(15,6)14(18)5/h7,10,14,16,18H,2,8-9,11H2,1,3-6H3/b13-7+/t14-,16+,18+,20+/m0/s1. The van der Waals surface area contributed by atoms with E-state index >= 15 is 0 Å². The minimum Gasteiger partial charge on any atom is -0.459 e. The second kappa shape index (κ2) is 6.46. The van der Waals surface area contributed by atoms with Gasteiger partial charge in [-0.1, -0.05) is 37.6 Å². The predicted molar refractivity (Wildman–Crippen MR) is 91.8 cm³/mol. The quantitative estimate of drug-likeness (QED) is 0.440. The Kier molecular flexibility index (Phi) is 4.98. The summed E-state index contributed by atoms with van der Waals surface area (Å²) in [6.07, 6.45) is 5.88. The number of carbonyl (C=O) groups is 2. The summed E-state index contributed by atoms with van der Waals surface area (Å²) in [7, 11) is 0. The lowest BCUT2D eigenvalue weighted by atomic mass is 9.57. The molecule has 0 heterocycles. The van der Waals surface area contributed by atoms with E-state index < -0.39 is 0 Å². The summed E-state index contributed by atoms with van der Waals surface area (Å²) in [5.41, 5.74) is 2.66. The zero-order valence-corrected chi connectivity index (χ0v) is 14.9. The zero-order valence-electron chi connectivity index (χ0n) is 14.9. The van der Waals surface area contributed by atoms with Gasteiger partial charge in [-0.25, -0.2) is 4.79 Å². The van der Waals surface area contributed by atoms with Crippen LogP contribution in [-0.4, -0.2) is 17.9 Å². The van der Waals surface area contributed by atoms with Gasteiger partial charge in [0.2, 0.25) is 0 Å². The molecule has 126 valence electrons. The predicted octanol–water partition coefficient (Wildman–Crippen LogP) is 4.39. The highest BCUT2D eigenvalue weighted by Gasteiger charge is 2.48. The van der Waals surface area contributed by atoms with Gasteiger partial charge >= 0.3 is 5.97 Å². The maximum atomic E-state index is 12.3. The van der Waals surface area contributed by atoms with Gasteiger partial charge in [0.1, 0.15) is 6.10 Å². The van der Waals surface area contributed by atoms with E-state index in [-0.39, 0.29) is 35.1 Å². The Hall–Kier alpha value is -1.64. The number of esters is 1. The van der Waals surface area contributed by atoms with Gasteiger partial charge in [0.25, 0.3) is 0 Å². The van der Waals surface area contributed by atoms with E-state index in [1.54, 1.807) is 13.0 Å². The van der Waals surface area contributed by atoms with Crippen molar-refractivity contribution in [2.45, 2.75) is 60.0 Å². The number of carbonyl (C=O) groups excluding carboxylic acids is 2. The van der Waals surface area contributed by atoms with Crippen LogP contribution in [-0.2, 0) is 14.3 Å². The van der Waals surface area contributed by atoms with Gasteiger partial charge in [0.15, 0.2) is 5.78 Å². The van der Waals surface area contributed by atoms with E-state index in [1.807, 2.05) is 19.9 Å². The van der Waals surface area contributed by atoms with Crippen LogP contribution in [0.15, 0.2) is 35.5 Å². The summed E-state index contributed by atoms with van der Waals surface area (Å²) in [6.45, 7) is 13.9. The van der Waals surface area contributed by atoms with E-state index in [9.17, 15) is 9.59 Å². The Morgan fingerprint density at radius 1 is 1.43 bits per heavy atom. The van der Waals surface area contributed by atoms with Crippen molar-refractivity contribution >= 4 is 11.8 Å². The Morgan fingerprint density at radius 3 is 2.65 bits per heavy atom. The summed E-state index contributed by atoms with van der Waals surface area (Å²) in [6, 6.07) is 0. The third kappa shape index (κ3) is 3.19. The van der Waals surface area contributed by atoms with E-state index in [0.29, 0.717) is 5.57 Å². The first kappa shape index (κ1) is 17.7. The molecule has 2 rings (SSSR count). The van der Waals surface area contributed by atoms with Crippen molar-refractivity contribution in [1.82, 2.24) is 0 Å². The maximum Gasteiger partial charge on any atom is 0.333 e. The molecule has 0 radical (unpaired) electrons. The van der Waals surface area contributed by atoms with E-state index in [1.165, 1.54) is 5.57 Å². The van der Waals surface area contributed by atoms with Crippen molar-refractivity contribution in [2.75, 3.05) is 0 Å². The first-order valence-electron chi connectivity index (χ1n) is 8.45. The number of hydrogen-bond donors (Lipinski definition) is 0. The second-order valence-electron chi connectivity index (χ2n) is 7.34. The minimum atomic E-state index is -0.233. The molecule has 0 aliphatic heterocycles. The van der Waals surface area contributed by atoms with E-state index in [4.69, 9.17) is 4.74 Å². The number of fused-ring (bicyclic) bond motifs is 1. The van der Waals surface area contributed by atoms with E-state index in [2.05, 4.69) is 20.4 Å². The molecule has 1 saturated carbocycles. The first-order valence-corrected chi connectivity index (χ1v) is 8.45. The lowest BCUT2D eigenvalue weighted by molar-refractivity contribution is -0.151. The van der Waals surface area contributed by atoms with E-state index in [0.717, 1.165) is 24.8 Å². The van der Waals surface area contributed by atoms with Crippen LogP contribution < -0.4 is 0 Å². The van der Waals surface area contributed by atoms with Gasteiger partial charge in [0, 0.05) is 17.4 Å². The summed E-state index contributed by atoms with van der Waals surface area (Å²) in [5, 5.41) is 0. The molecule has 0 spiro atoms. The summed E-state index contributed by atoms with van der Waals surface area (Å²) >= 11 is 0. The van der Waals surface area contributed by atoms with Crippen LogP contribution in [0.3, 0.4) is 0 Å². The van der Waals surface area contributed by atoms with Crippen molar-refractivity contribution in [1.29, 1.82) is 0 Å². The SMILES string of the molecule is C=C(C)[C@H]1C[C@@]2(C)C(=CC1=O)CC[C@@H](OC(=O)/C(C)=C/C)[C@@H]2C. The van der Waals surface area contributed by atoms with Crippen molar-refractivity contribution in [2.24, 2.45) is 17.3 Å². The largest absolute Gasteiger partial charge is 0.459 e. The summed E-state index contributed by atoms with van der Waals surface area (Å²) in [4.78, 5) is 24.4. The normalized spacial score (nSPS) is 34.5. The Morgan fingerprint density at radius 2 is 2.09 bits per heavy atom. The number of allylic oxidation sites excluding steroid dienone is 4. The third-order valence-corrected chi connectivity index (χ3v) is 5.89. The molecule has 1 fully saturated rings. The van der Waals surface area contributed by atoms with Gasteiger partial charge in [-0.05, 0) is 51.5 Å². The molecular formula is C20H28O3. The molecule has 3 nitrogen and oxygen atoms in total. The third-order valence-electron chi connectivity index (χ3n) is 5.89. The van der Waals surface area contributed by atoms with Crippen LogP contribution in [0.1, 0.15) is 53.9 Å². The Labute approximate surface area is 139 Å². The molecule has 2 aliphatic rings. The molecule has 0 aromatic rings. The molecule has 0 saturated heterocycles. The molecule has 0 unspecified atom stereocenters. The zero-order chi connectivity index (χ0) is 17.4. The van der Waals surface area contributed by atoms with Gasteiger partial charge in [-0.2, -0.15) is 0 Å². The highest BCUT2D eigenvalue weighted by Crippen LogP contribution is 2.53. The average Bonchev–Trinajstić information content (AvgIpc) is 2.50. The molecule has 0 bridgehead atoms. The molecule has 3 heteroatoms. The van der Waals surface area contributed by atoms with Crippen molar-refractivity contribution in [3.63, 3.8) is 0 Å². The highest BCUT2D eigenvalue weighted by molar-refractivity contribution is 5.95. The van der Waals surface area contributed by atoms with Crippen LogP contribution in [0, 0.1) is 17.3 Å². The Balaban J connectivity index is 2.25. The van der Waals surface area contributed by atoms with Crippen LogP contribution in [0.4, 0.5) is 0 Å². The first-order chi connectivity index (χ1) is 10.7. The topological polar surface area (TPSA) is 43.4 Å². The van der Waals surface area contributed by atoms with Crippen LogP contribution >= 0.6 is 0 Å². The Bertz CT molecular complexity index is 596. The van der Waals surface area contributed by atoms with Gasteiger partial charge in [-0.15, -0.1) is 0 Å². The van der Waals surface area contributed by atoms with Gasteiger partial charge in [0.05, 0.1) is 0 Å². The molecule has 4 atom stereocenters. The minimum absolute atomic E-state index is 0.0986. The molecule has 2 aliphatic carbocycles. The highest BCUT2D eigenvalue weighted by atomic mass is 16.5. The monoisotopic (exact) mass is 316 g/mol. The second-order valence-corrected chi connectivity index (χ2v) is 7.34. The molecule has 0 N–H and O–H groups in total. The van der Waals surface area contributed by atoms with Gasteiger partial charge in [-0.3, -0.25) is 4.79 Å². The molecule has 0 aromatic carbocycles. The number of ether oxygens (including phenoxy) is 1. The number of ketones is 1. The molecule has 0 aromatic heterocycles. The maximum absolute atomic E-state index is 12.3. The van der Waals surface area contributed by atoms with Crippen LogP contribution in [0.25, 0.3) is 0 Å². The fraction of sp³-hybridized carbons (Fsp3) is 0.600. The fourth-order valence-electron chi connectivity index (χ4n) is 3.81. The fourth-order valence-corrected chi connectivity index (χ4v) is 3.81.